The molecular weight excluding hydrogens is 240 g/mol. The van der Waals surface area contributed by atoms with Crippen molar-refractivity contribution >= 4 is 5.91 Å². The van der Waals surface area contributed by atoms with Gasteiger partial charge in [0.25, 0.3) is 0 Å². The van der Waals surface area contributed by atoms with Crippen molar-refractivity contribution in [3.8, 4) is 17.6 Å². The molecule has 0 aliphatic carbocycles. The Kier molecular flexibility index (Phi) is 3.77. The van der Waals surface area contributed by atoms with Crippen LogP contribution >= 0.6 is 0 Å². The van der Waals surface area contributed by atoms with Gasteiger partial charge in [0, 0.05) is 12.0 Å². The number of amides is 1. The molecule has 1 aliphatic heterocycles. The second-order valence-electron chi connectivity index (χ2n) is 5.14. The lowest BCUT2D eigenvalue weighted by Gasteiger charge is -2.16. The van der Waals surface area contributed by atoms with Gasteiger partial charge < -0.3 is 15.8 Å². The van der Waals surface area contributed by atoms with E-state index in [0.717, 1.165) is 17.7 Å². The van der Waals surface area contributed by atoms with Crippen molar-refractivity contribution in [2.75, 3.05) is 13.1 Å². The summed E-state index contributed by atoms with van der Waals surface area (Å²) in [6.07, 6.45) is 0.891. The molecule has 1 aromatic rings. The summed E-state index contributed by atoms with van der Waals surface area (Å²) in [5.74, 6) is 6.66. The fraction of sp³-hybridized carbons (Fsp3) is 0.400. The van der Waals surface area contributed by atoms with Crippen LogP contribution in [0, 0.1) is 11.8 Å². The maximum atomic E-state index is 10.9. The first-order valence-corrected chi connectivity index (χ1v) is 6.28. The van der Waals surface area contributed by atoms with Crippen LogP contribution in [0.3, 0.4) is 0 Å². The van der Waals surface area contributed by atoms with E-state index < -0.39 is 0 Å². The molecule has 1 aromatic carbocycles. The van der Waals surface area contributed by atoms with Crippen LogP contribution in [0.1, 0.15) is 25.0 Å². The van der Waals surface area contributed by atoms with Gasteiger partial charge in [-0.2, -0.15) is 0 Å². The third kappa shape index (κ3) is 3.49. The van der Waals surface area contributed by atoms with E-state index >= 15 is 0 Å². The zero-order valence-corrected chi connectivity index (χ0v) is 11.2. The van der Waals surface area contributed by atoms with E-state index in [4.69, 9.17) is 10.5 Å². The number of ether oxygens (including phenoxy) is 1. The van der Waals surface area contributed by atoms with Gasteiger partial charge in [-0.15, -0.1) is 0 Å². The van der Waals surface area contributed by atoms with Crippen molar-refractivity contribution in [1.82, 2.24) is 5.32 Å². The lowest BCUT2D eigenvalue weighted by molar-refractivity contribution is -0.119. The Morgan fingerprint density at radius 3 is 3.05 bits per heavy atom. The average molecular weight is 258 g/mol. The molecule has 0 aromatic heterocycles. The van der Waals surface area contributed by atoms with Crippen LogP contribution in [0.15, 0.2) is 18.2 Å². The maximum Gasteiger partial charge on any atom is 0.234 e. The van der Waals surface area contributed by atoms with Gasteiger partial charge in [-0.25, -0.2) is 0 Å². The Morgan fingerprint density at radius 1 is 1.53 bits per heavy atom. The third-order valence-electron chi connectivity index (χ3n) is 2.85. The van der Waals surface area contributed by atoms with Crippen LogP contribution < -0.4 is 15.8 Å². The van der Waals surface area contributed by atoms with E-state index in [-0.39, 0.29) is 18.1 Å². The summed E-state index contributed by atoms with van der Waals surface area (Å²) >= 11 is 0. The highest BCUT2D eigenvalue weighted by atomic mass is 16.5. The number of benzene rings is 1. The minimum absolute atomic E-state index is 0.00700. The molecule has 1 amide bonds. The molecule has 100 valence electrons. The van der Waals surface area contributed by atoms with Gasteiger partial charge in [0.15, 0.2) is 0 Å². The molecule has 19 heavy (non-hydrogen) atoms. The molecule has 0 unspecified atom stereocenters. The molecular formula is C15H18N2O2. The molecule has 0 atom stereocenters. The van der Waals surface area contributed by atoms with Gasteiger partial charge in [0.2, 0.25) is 5.91 Å². The largest absolute Gasteiger partial charge is 0.487 e. The highest BCUT2D eigenvalue weighted by molar-refractivity contribution is 5.77. The second-order valence-corrected chi connectivity index (χ2v) is 5.14. The Hall–Kier alpha value is -1.99. The lowest BCUT2D eigenvalue weighted by atomic mass is 10.0. The third-order valence-corrected chi connectivity index (χ3v) is 2.85. The molecule has 0 spiro atoms. The zero-order valence-electron chi connectivity index (χ0n) is 11.2. The van der Waals surface area contributed by atoms with Gasteiger partial charge in [-0.3, -0.25) is 4.79 Å². The number of carbonyl (C=O) groups is 1. The summed E-state index contributed by atoms with van der Waals surface area (Å²) in [5, 5.41) is 2.61. The lowest BCUT2D eigenvalue weighted by Crippen LogP contribution is -2.30. The molecule has 0 fully saturated rings. The first-order valence-electron chi connectivity index (χ1n) is 6.28. The van der Waals surface area contributed by atoms with Gasteiger partial charge in [-0.1, -0.05) is 11.8 Å². The fourth-order valence-corrected chi connectivity index (χ4v) is 2.05. The summed E-state index contributed by atoms with van der Waals surface area (Å²) in [7, 11) is 0. The van der Waals surface area contributed by atoms with Gasteiger partial charge in [-0.05, 0) is 37.6 Å². The number of nitrogens with two attached hydrogens (primary N) is 1. The maximum absolute atomic E-state index is 10.9. The Morgan fingerprint density at radius 2 is 2.32 bits per heavy atom. The predicted molar refractivity (Wildman–Crippen MR) is 73.8 cm³/mol. The Balaban J connectivity index is 2.01. The van der Waals surface area contributed by atoms with Gasteiger partial charge >= 0.3 is 0 Å². The number of hydrogen-bond donors (Lipinski definition) is 2. The fourth-order valence-electron chi connectivity index (χ4n) is 2.05. The molecule has 0 bridgehead atoms. The van der Waals surface area contributed by atoms with E-state index in [0.29, 0.717) is 6.54 Å². The monoisotopic (exact) mass is 258 g/mol. The van der Waals surface area contributed by atoms with Crippen molar-refractivity contribution in [2.45, 2.75) is 25.9 Å². The summed E-state index contributed by atoms with van der Waals surface area (Å²) in [4.78, 5) is 10.9. The van der Waals surface area contributed by atoms with E-state index in [9.17, 15) is 4.79 Å². The molecule has 0 saturated heterocycles. The minimum atomic E-state index is -0.196. The number of carbonyl (C=O) groups excluding carboxylic acids is 1. The summed E-state index contributed by atoms with van der Waals surface area (Å²) in [6, 6.07) is 5.92. The minimum Gasteiger partial charge on any atom is -0.487 e. The Bertz CT molecular complexity index is 553. The number of fused-ring (bicyclic) bond motifs is 1. The first kappa shape index (κ1) is 13.4. The quantitative estimate of drug-likeness (QED) is 0.772. The molecule has 1 aliphatic rings. The van der Waals surface area contributed by atoms with Crippen LogP contribution in [0.2, 0.25) is 0 Å². The van der Waals surface area contributed by atoms with Gasteiger partial charge in [0.1, 0.15) is 11.4 Å². The molecule has 3 N–H and O–H groups in total. The standard InChI is InChI=1S/C15H18N2O2/c1-15(2)9-12-8-11(5-6-13(12)19-15)4-3-7-17-14(18)10-16/h5-6,8H,7,9-10,16H2,1-2H3,(H,17,18). The molecule has 2 rings (SSSR count). The Labute approximate surface area is 113 Å². The van der Waals surface area contributed by atoms with Crippen LogP contribution in [0.5, 0.6) is 5.75 Å². The van der Waals surface area contributed by atoms with E-state index in [1.165, 1.54) is 5.56 Å². The number of rotatable bonds is 2. The summed E-state index contributed by atoms with van der Waals surface area (Å²) < 4.78 is 5.80. The van der Waals surface area contributed by atoms with Crippen molar-refractivity contribution < 1.29 is 9.53 Å². The van der Waals surface area contributed by atoms with Crippen LogP contribution in [0.4, 0.5) is 0 Å². The number of nitrogens with one attached hydrogen (secondary N) is 1. The van der Waals surface area contributed by atoms with E-state index in [1.807, 2.05) is 18.2 Å². The first-order chi connectivity index (χ1) is 9.00. The van der Waals surface area contributed by atoms with E-state index in [1.54, 1.807) is 0 Å². The highest BCUT2D eigenvalue weighted by Crippen LogP contribution is 2.34. The highest BCUT2D eigenvalue weighted by Gasteiger charge is 2.29. The zero-order chi connectivity index (χ0) is 13.9. The second kappa shape index (κ2) is 5.33. The molecule has 1 heterocycles. The SMILES string of the molecule is CC1(C)Cc2cc(C#CCNC(=O)CN)ccc2O1. The van der Waals surface area contributed by atoms with E-state index in [2.05, 4.69) is 31.0 Å². The smallest absolute Gasteiger partial charge is 0.234 e. The summed E-state index contributed by atoms with van der Waals surface area (Å²) in [6.45, 7) is 4.45. The molecule has 0 radical (unpaired) electrons. The topological polar surface area (TPSA) is 64.4 Å². The molecule has 0 saturated carbocycles. The number of hydrogen-bond acceptors (Lipinski definition) is 3. The van der Waals surface area contributed by atoms with Crippen molar-refractivity contribution in [1.29, 1.82) is 0 Å². The molecule has 4 nitrogen and oxygen atoms in total. The average Bonchev–Trinajstić information content (AvgIpc) is 2.67. The van der Waals surface area contributed by atoms with Crippen LogP contribution in [-0.2, 0) is 11.2 Å². The normalized spacial score (nSPS) is 14.9. The predicted octanol–water partition coefficient (Wildman–Crippen LogP) is 0.827. The summed E-state index contributed by atoms with van der Waals surface area (Å²) in [5.41, 5.74) is 7.16. The van der Waals surface area contributed by atoms with Gasteiger partial charge in [0.05, 0.1) is 13.1 Å². The van der Waals surface area contributed by atoms with Crippen molar-refractivity contribution in [3.63, 3.8) is 0 Å². The van der Waals surface area contributed by atoms with Crippen molar-refractivity contribution in [3.05, 3.63) is 29.3 Å². The van der Waals surface area contributed by atoms with Crippen molar-refractivity contribution in [2.24, 2.45) is 5.73 Å². The molecule has 4 heteroatoms. The van der Waals surface area contributed by atoms with Crippen LogP contribution in [0.25, 0.3) is 0 Å². The van der Waals surface area contributed by atoms with Crippen LogP contribution in [-0.4, -0.2) is 24.6 Å².